The summed E-state index contributed by atoms with van der Waals surface area (Å²) < 4.78 is 0. The predicted molar refractivity (Wildman–Crippen MR) is 55.7 cm³/mol. The topological polar surface area (TPSA) is 81.3 Å². The SMILES string of the molecule is O=C([O-])NC1CCc2ccccc2NC1=O. The van der Waals surface area contributed by atoms with Crippen LogP contribution in [0.25, 0.3) is 0 Å². The van der Waals surface area contributed by atoms with Gasteiger partial charge in [-0.1, -0.05) is 18.2 Å². The Kier molecular flexibility index (Phi) is 2.76. The third kappa shape index (κ3) is 2.13. The molecule has 0 spiro atoms. The van der Waals surface area contributed by atoms with Crippen molar-refractivity contribution in [3.05, 3.63) is 29.8 Å². The molecular weight excluding hydrogens is 208 g/mol. The highest BCUT2D eigenvalue weighted by molar-refractivity contribution is 5.97. The summed E-state index contributed by atoms with van der Waals surface area (Å²) in [5.74, 6) is -0.339. The number of carbonyl (C=O) groups excluding carboxylic acids is 2. The first kappa shape index (κ1) is 10.5. The van der Waals surface area contributed by atoms with Crippen LogP contribution in [0.4, 0.5) is 10.5 Å². The second-order valence-corrected chi connectivity index (χ2v) is 3.67. The fraction of sp³-hybridized carbons (Fsp3) is 0.273. The molecule has 84 valence electrons. The van der Waals surface area contributed by atoms with Crippen molar-refractivity contribution < 1.29 is 14.7 Å². The zero-order chi connectivity index (χ0) is 11.5. The summed E-state index contributed by atoms with van der Waals surface area (Å²) in [5, 5.41) is 15.2. The van der Waals surface area contributed by atoms with Crippen LogP contribution in [0, 0.1) is 0 Å². The Morgan fingerprint density at radius 1 is 1.44 bits per heavy atom. The maximum absolute atomic E-state index is 11.6. The Bertz CT molecular complexity index is 431. The summed E-state index contributed by atoms with van der Waals surface area (Å²) in [6.07, 6.45) is -0.331. The van der Waals surface area contributed by atoms with Gasteiger partial charge >= 0.3 is 0 Å². The predicted octanol–water partition coefficient (Wildman–Crippen LogP) is -0.127. The molecule has 1 aliphatic rings. The molecule has 1 heterocycles. The zero-order valence-corrected chi connectivity index (χ0v) is 8.53. The number of para-hydroxylation sites is 1. The second-order valence-electron chi connectivity index (χ2n) is 3.67. The molecule has 2 amide bonds. The van der Waals surface area contributed by atoms with E-state index in [0.717, 1.165) is 11.3 Å². The Labute approximate surface area is 92.5 Å². The van der Waals surface area contributed by atoms with Crippen LogP contribution in [0.5, 0.6) is 0 Å². The number of hydrogen-bond donors (Lipinski definition) is 2. The number of nitrogens with one attached hydrogen (secondary N) is 2. The molecule has 1 aromatic carbocycles. The summed E-state index contributed by atoms with van der Waals surface area (Å²) in [6.45, 7) is 0. The largest absolute Gasteiger partial charge is 0.530 e. The summed E-state index contributed by atoms with van der Waals surface area (Å²) in [5.41, 5.74) is 1.76. The highest BCUT2D eigenvalue weighted by atomic mass is 16.4. The van der Waals surface area contributed by atoms with Crippen molar-refractivity contribution in [3.63, 3.8) is 0 Å². The van der Waals surface area contributed by atoms with E-state index in [2.05, 4.69) is 10.6 Å². The van der Waals surface area contributed by atoms with E-state index in [4.69, 9.17) is 0 Å². The van der Waals surface area contributed by atoms with E-state index < -0.39 is 12.1 Å². The average molecular weight is 219 g/mol. The first-order chi connectivity index (χ1) is 7.66. The van der Waals surface area contributed by atoms with Gasteiger partial charge in [-0.2, -0.15) is 0 Å². The van der Waals surface area contributed by atoms with Gasteiger partial charge in [0, 0.05) is 5.69 Å². The molecule has 0 aliphatic carbocycles. The van der Waals surface area contributed by atoms with Crippen LogP contribution in [0.15, 0.2) is 24.3 Å². The van der Waals surface area contributed by atoms with Crippen LogP contribution in [0.3, 0.4) is 0 Å². The third-order valence-electron chi connectivity index (χ3n) is 2.59. The summed E-state index contributed by atoms with van der Waals surface area (Å²) in [4.78, 5) is 22.0. The lowest BCUT2D eigenvalue weighted by Gasteiger charge is -2.16. The molecule has 0 saturated heterocycles. The minimum Gasteiger partial charge on any atom is -0.530 e. The monoisotopic (exact) mass is 219 g/mol. The Morgan fingerprint density at radius 3 is 2.94 bits per heavy atom. The van der Waals surface area contributed by atoms with Gasteiger partial charge < -0.3 is 20.5 Å². The molecule has 1 atom stereocenters. The van der Waals surface area contributed by atoms with Crippen LogP contribution in [-0.2, 0) is 11.2 Å². The summed E-state index contributed by atoms with van der Waals surface area (Å²) in [6, 6.07) is 6.69. The van der Waals surface area contributed by atoms with Crippen LogP contribution in [0.2, 0.25) is 0 Å². The van der Waals surface area contributed by atoms with E-state index in [1.807, 2.05) is 18.2 Å². The first-order valence-electron chi connectivity index (χ1n) is 5.03. The molecule has 0 aromatic heterocycles. The number of carboxylic acid groups (broad SMARTS) is 1. The van der Waals surface area contributed by atoms with E-state index in [1.54, 1.807) is 6.07 Å². The maximum atomic E-state index is 11.6. The normalized spacial score (nSPS) is 19.2. The second kappa shape index (κ2) is 4.22. The third-order valence-corrected chi connectivity index (χ3v) is 2.59. The van der Waals surface area contributed by atoms with Crippen LogP contribution >= 0.6 is 0 Å². The van der Waals surface area contributed by atoms with E-state index in [-0.39, 0.29) is 5.91 Å². The van der Waals surface area contributed by atoms with E-state index in [0.29, 0.717) is 12.8 Å². The van der Waals surface area contributed by atoms with Crippen LogP contribution in [-0.4, -0.2) is 18.0 Å². The molecule has 0 bridgehead atoms. The number of amides is 2. The van der Waals surface area contributed by atoms with Gasteiger partial charge in [0.2, 0.25) is 5.91 Å². The van der Waals surface area contributed by atoms with Gasteiger partial charge in [-0.05, 0) is 24.5 Å². The first-order valence-corrected chi connectivity index (χ1v) is 5.03. The maximum Gasteiger partial charge on any atom is 0.246 e. The number of carbonyl (C=O) groups is 2. The van der Waals surface area contributed by atoms with Crippen molar-refractivity contribution in [2.75, 3.05) is 5.32 Å². The number of rotatable bonds is 1. The molecule has 16 heavy (non-hydrogen) atoms. The van der Waals surface area contributed by atoms with Gasteiger partial charge in [0.25, 0.3) is 0 Å². The lowest BCUT2D eigenvalue weighted by Crippen LogP contribution is -2.48. The lowest BCUT2D eigenvalue weighted by atomic mass is 10.1. The van der Waals surface area contributed by atoms with E-state index in [9.17, 15) is 14.7 Å². The van der Waals surface area contributed by atoms with Crippen molar-refractivity contribution in [2.45, 2.75) is 18.9 Å². The Morgan fingerprint density at radius 2 is 2.19 bits per heavy atom. The van der Waals surface area contributed by atoms with E-state index in [1.165, 1.54) is 0 Å². The molecule has 5 nitrogen and oxygen atoms in total. The Hall–Kier alpha value is -2.04. The van der Waals surface area contributed by atoms with Crippen molar-refractivity contribution in [2.24, 2.45) is 0 Å². The number of aryl methyl sites for hydroxylation is 1. The van der Waals surface area contributed by atoms with Gasteiger partial charge in [-0.15, -0.1) is 0 Å². The average Bonchev–Trinajstić information content (AvgIpc) is 2.39. The van der Waals surface area contributed by atoms with Crippen molar-refractivity contribution in [3.8, 4) is 0 Å². The minimum atomic E-state index is -1.42. The zero-order valence-electron chi connectivity index (χ0n) is 8.53. The number of hydrogen-bond acceptors (Lipinski definition) is 3. The highest BCUT2D eigenvalue weighted by Crippen LogP contribution is 2.21. The standard InChI is InChI=1S/C11H12N2O3/c14-10-9(13-11(15)16)6-5-7-3-1-2-4-8(7)12-10/h1-4,9,13H,5-6H2,(H,12,14)(H,15,16)/p-1. The fourth-order valence-corrected chi connectivity index (χ4v) is 1.79. The van der Waals surface area contributed by atoms with Gasteiger partial charge in [0.15, 0.2) is 0 Å². The van der Waals surface area contributed by atoms with E-state index >= 15 is 0 Å². The molecule has 0 radical (unpaired) electrons. The van der Waals surface area contributed by atoms with Gasteiger partial charge in [0.1, 0.15) is 12.1 Å². The number of benzene rings is 1. The molecule has 2 N–H and O–H groups in total. The fourth-order valence-electron chi connectivity index (χ4n) is 1.79. The Balaban J connectivity index is 2.18. The van der Waals surface area contributed by atoms with Crippen molar-refractivity contribution in [1.29, 1.82) is 0 Å². The van der Waals surface area contributed by atoms with Crippen LogP contribution in [0.1, 0.15) is 12.0 Å². The number of fused-ring (bicyclic) bond motifs is 1. The molecule has 2 rings (SSSR count). The lowest BCUT2D eigenvalue weighted by molar-refractivity contribution is -0.251. The van der Waals surface area contributed by atoms with Gasteiger partial charge in [-0.3, -0.25) is 4.79 Å². The molecule has 1 aliphatic heterocycles. The summed E-state index contributed by atoms with van der Waals surface area (Å²) >= 11 is 0. The molecule has 5 heteroatoms. The van der Waals surface area contributed by atoms with Crippen molar-refractivity contribution in [1.82, 2.24) is 5.32 Å². The molecule has 0 fully saturated rings. The molecule has 0 saturated carbocycles. The molecule has 1 aromatic rings. The summed E-state index contributed by atoms with van der Waals surface area (Å²) in [7, 11) is 0. The molecular formula is C11H11N2O3-. The van der Waals surface area contributed by atoms with Crippen LogP contribution < -0.4 is 15.7 Å². The smallest absolute Gasteiger partial charge is 0.246 e. The quantitative estimate of drug-likeness (QED) is 0.690. The minimum absolute atomic E-state index is 0.339. The van der Waals surface area contributed by atoms with Gasteiger partial charge in [-0.25, -0.2) is 0 Å². The highest BCUT2D eigenvalue weighted by Gasteiger charge is 2.22. The number of anilines is 1. The van der Waals surface area contributed by atoms with Crippen molar-refractivity contribution >= 4 is 17.7 Å². The van der Waals surface area contributed by atoms with Gasteiger partial charge in [0.05, 0.1) is 0 Å². The molecule has 1 unspecified atom stereocenters.